The number of likely N-dealkylation sites (tertiary alicyclic amines) is 1. The van der Waals surface area contributed by atoms with Crippen molar-refractivity contribution in [1.82, 2.24) is 4.90 Å². The fraction of sp³-hybridized carbons (Fsp3) is 0.526. The molecule has 0 radical (unpaired) electrons. The second kappa shape index (κ2) is 6.85. The van der Waals surface area contributed by atoms with Crippen LogP contribution in [0.4, 0.5) is 5.69 Å². The zero-order valence-corrected chi connectivity index (χ0v) is 18.7. The molecule has 2 bridgehead atoms. The number of alkyl halides is 2. The lowest BCUT2D eigenvalue weighted by Crippen LogP contribution is -2.46. The van der Waals surface area contributed by atoms with Gasteiger partial charge < -0.3 is 5.32 Å². The van der Waals surface area contributed by atoms with Crippen LogP contribution >= 0.6 is 43.5 Å². The number of hydrogen-bond acceptors (Lipinski definition) is 3. The van der Waals surface area contributed by atoms with Gasteiger partial charge in [-0.1, -0.05) is 49.5 Å². The number of aryl methyl sites for hydroxylation is 1. The molecule has 7 atom stereocenters. The number of carbonyl (C=O) groups is 3. The van der Waals surface area contributed by atoms with E-state index in [2.05, 4.69) is 37.2 Å². The summed E-state index contributed by atoms with van der Waals surface area (Å²) in [5.41, 5.74) is 1.45. The average molecular weight is 519 g/mol. The molecule has 1 aromatic rings. The maximum absolute atomic E-state index is 13.0. The molecule has 3 amide bonds. The Morgan fingerprint density at radius 3 is 2.26 bits per heavy atom. The number of fused-ring (bicyclic) bond motifs is 5. The molecule has 144 valence electrons. The summed E-state index contributed by atoms with van der Waals surface area (Å²) in [4.78, 5) is 40.2. The van der Waals surface area contributed by atoms with E-state index in [4.69, 9.17) is 11.6 Å². The van der Waals surface area contributed by atoms with Gasteiger partial charge in [0.05, 0.1) is 11.8 Å². The van der Waals surface area contributed by atoms with Crippen LogP contribution in [0.15, 0.2) is 18.2 Å². The van der Waals surface area contributed by atoms with Gasteiger partial charge in [-0.15, -0.1) is 0 Å². The highest BCUT2D eigenvalue weighted by atomic mass is 79.9. The van der Waals surface area contributed by atoms with Crippen LogP contribution in [0.3, 0.4) is 0 Å². The summed E-state index contributed by atoms with van der Waals surface area (Å²) in [7, 11) is 0. The molecule has 27 heavy (non-hydrogen) atoms. The molecule has 1 aromatic carbocycles. The highest BCUT2D eigenvalue weighted by Gasteiger charge is 2.67. The first kappa shape index (κ1) is 19.4. The number of nitrogens with one attached hydrogen (secondary N) is 1. The van der Waals surface area contributed by atoms with Crippen molar-refractivity contribution in [2.45, 2.75) is 36.0 Å². The predicted molar refractivity (Wildman–Crippen MR) is 110 cm³/mol. The Labute approximate surface area is 179 Å². The van der Waals surface area contributed by atoms with Crippen LogP contribution in [0.1, 0.15) is 18.9 Å². The van der Waals surface area contributed by atoms with Crippen LogP contribution in [0, 0.1) is 30.6 Å². The number of benzene rings is 1. The number of rotatable bonds is 3. The van der Waals surface area contributed by atoms with Crippen molar-refractivity contribution < 1.29 is 14.4 Å². The molecule has 2 aliphatic carbocycles. The van der Waals surface area contributed by atoms with Crippen LogP contribution < -0.4 is 5.32 Å². The van der Waals surface area contributed by atoms with E-state index in [1.165, 1.54) is 4.90 Å². The quantitative estimate of drug-likeness (QED) is 0.490. The average Bonchev–Trinajstić information content (AvgIpc) is 3.22. The van der Waals surface area contributed by atoms with Crippen LogP contribution in [-0.4, -0.2) is 38.3 Å². The van der Waals surface area contributed by atoms with Crippen molar-refractivity contribution in [2.75, 3.05) is 5.32 Å². The molecule has 0 unspecified atom stereocenters. The molecule has 8 heteroatoms. The minimum atomic E-state index is -0.863. The molecule has 1 saturated heterocycles. The molecular formula is C19H19Br2ClN2O3. The van der Waals surface area contributed by atoms with E-state index in [0.717, 1.165) is 12.0 Å². The lowest BCUT2D eigenvalue weighted by molar-refractivity contribution is -0.146. The van der Waals surface area contributed by atoms with E-state index in [1.807, 2.05) is 13.0 Å². The fourth-order valence-corrected chi connectivity index (χ4v) is 6.84. The van der Waals surface area contributed by atoms with Gasteiger partial charge in [-0.05, 0) is 49.8 Å². The van der Waals surface area contributed by atoms with Crippen molar-refractivity contribution in [2.24, 2.45) is 23.7 Å². The first-order valence-electron chi connectivity index (χ1n) is 8.94. The van der Waals surface area contributed by atoms with Gasteiger partial charge in [0, 0.05) is 20.4 Å². The van der Waals surface area contributed by atoms with Gasteiger partial charge in [0.15, 0.2) is 0 Å². The van der Waals surface area contributed by atoms with Crippen LogP contribution in [0.25, 0.3) is 0 Å². The molecule has 1 N–H and O–H groups in total. The normalized spacial score (nSPS) is 35.5. The minimum Gasteiger partial charge on any atom is -0.324 e. The van der Waals surface area contributed by atoms with Gasteiger partial charge in [-0.3, -0.25) is 19.3 Å². The lowest BCUT2D eigenvalue weighted by Gasteiger charge is -2.28. The van der Waals surface area contributed by atoms with Crippen molar-refractivity contribution in [3.63, 3.8) is 0 Å². The predicted octanol–water partition coefficient (Wildman–Crippen LogP) is 3.75. The van der Waals surface area contributed by atoms with Gasteiger partial charge in [0.2, 0.25) is 17.7 Å². The number of hydrogen-bond donors (Lipinski definition) is 1. The number of imide groups is 1. The van der Waals surface area contributed by atoms with Gasteiger partial charge >= 0.3 is 0 Å². The Kier molecular flexibility index (Phi) is 4.92. The highest BCUT2D eigenvalue weighted by molar-refractivity contribution is 9.12. The number of anilines is 1. The number of nitrogens with zero attached hydrogens (tertiary/aromatic N) is 1. The van der Waals surface area contributed by atoms with Crippen LogP contribution in [0.5, 0.6) is 0 Å². The van der Waals surface area contributed by atoms with Gasteiger partial charge in [-0.2, -0.15) is 0 Å². The van der Waals surface area contributed by atoms with Gasteiger partial charge in [-0.25, -0.2) is 0 Å². The first-order valence-corrected chi connectivity index (χ1v) is 11.2. The number of carbonyl (C=O) groups excluding carboxylic acids is 3. The Hall–Kier alpha value is -0.920. The van der Waals surface area contributed by atoms with Crippen molar-refractivity contribution in [3.8, 4) is 0 Å². The van der Waals surface area contributed by atoms with Crippen molar-refractivity contribution in [1.29, 1.82) is 0 Å². The Morgan fingerprint density at radius 2 is 1.74 bits per heavy atom. The standard InChI is InChI=1S/C19H19Br2ClN2O3/c1-7-3-4-9(5-12(7)22)23-17(25)8(2)24-18(26)13-10-6-11(14(13)19(24)27)16(21)15(10)20/h3-5,8,10-11,13-16H,6H2,1-2H3,(H,23,25)/t8-,10-,11-,13-,14+,15-,16+/m0/s1. The SMILES string of the molecule is Cc1ccc(NC(=O)[C@H](C)N2C(=O)[C@@H]3[C@@H]4C[C@H]([C@H](Br)[C@@H]4Br)[C@@H]3C2=O)cc1Cl. The van der Waals surface area contributed by atoms with E-state index >= 15 is 0 Å². The zero-order valence-electron chi connectivity index (χ0n) is 14.8. The second-order valence-corrected chi connectivity index (χ2v) is 10.2. The molecule has 1 heterocycles. The lowest BCUT2D eigenvalue weighted by atomic mass is 9.81. The smallest absolute Gasteiger partial charge is 0.247 e. The third-order valence-electron chi connectivity index (χ3n) is 6.23. The molecule has 5 nitrogen and oxygen atoms in total. The maximum Gasteiger partial charge on any atom is 0.247 e. The molecule has 0 spiro atoms. The summed E-state index contributed by atoms with van der Waals surface area (Å²) in [5.74, 6) is -1.19. The summed E-state index contributed by atoms with van der Waals surface area (Å²) >= 11 is 13.4. The number of halogens is 3. The van der Waals surface area contributed by atoms with Gasteiger partial charge in [0.1, 0.15) is 6.04 Å². The summed E-state index contributed by atoms with van der Waals surface area (Å²) < 4.78 is 0. The molecular weight excluding hydrogens is 499 g/mol. The monoisotopic (exact) mass is 516 g/mol. The summed E-state index contributed by atoms with van der Waals surface area (Å²) in [6.07, 6.45) is 0.870. The molecule has 2 saturated carbocycles. The summed E-state index contributed by atoms with van der Waals surface area (Å²) in [5, 5.41) is 3.31. The topological polar surface area (TPSA) is 66.5 Å². The van der Waals surface area contributed by atoms with E-state index in [-0.39, 0.29) is 45.1 Å². The van der Waals surface area contributed by atoms with Crippen LogP contribution in [0.2, 0.25) is 5.02 Å². The van der Waals surface area contributed by atoms with Crippen LogP contribution in [-0.2, 0) is 14.4 Å². The van der Waals surface area contributed by atoms with Gasteiger partial charge in [0.25, 0.3) is 0 Å². The molecule has 4 rings (SSSR count). The largest absolute Gasteiger partial charge is 0.324 e. The third kappa shape index (κ3) is 2.88. The summed E-state index contributed by atoms with van der Waals surface area (Å²) in [6.45, 7) is 3.47. The Bertz CT molecular complexity index is 816. The van der Waals surface area contributed by atoms with E-state index in [1.54, 1.807) is 19.1 Å². The molecule has 3 fully saturated rings. The summed E-state index contributed by atoms with van der Waals surface area (Å²) in [6, 6.07) is 4.36. The Morgan fingerprint density at radius 1 is 1.19 bits per heavy atom. The highest BCUT2D eigenvalue weighted by Crippen LogP contribution is 2.60. The van der Waals surface area contributed by atoms with Crippen molar-refractivity contribution in [3.05, 3.63) is 28.8 Å². The number of amides is 3. The fourth-order valence-electron chi connectivity index (χ4n) is 4.79. The zero-order chi connectivity index (χ0) is 19.6. The van der Waals surface area contributed by atoms with Crippen molar-refractivity contribution >= 4 is 66.9 Å². The maximum atomic E-state index is 13.0. The third-order valence-corrected chi connectivity index (χ3v) is 9.84. The first-order chi connectivity index (χ1) is 12.7. The second-order valence-electron chi connectivity index (χ2n) is 7.68. The van der Waals surface area contributed by atoms with E-state index < -0.39 is 11.9 Å². The van der Waals surface area contributed by atoms with E-state index in [0.29, 0.717) is 10.7 Å². The minimum absolute atomic E-state index is 0.136. The Balaban J connectivity index is 1.53. The molecule has 0 aromatic heterocycles. The molecule has 1 aliphatic heterocycles. The van der Waals surface area contributed by atoms with E-state index in [9.17, 15) is 14.4 Å². The molecule has 3 aliphatic rings.